The van der Waals surface area contributed by atoms with Crippen molar-refractivity contribution in [3.63, 3.8) is 0 Å². The molecule has 3 rings (SSSR count). The van der Waals surface area contributed by atoms with Crippen molar-refractivity contribution >= 4 is 29.1 Å². The molecule has 0 saturated carbocycles. The van der Waals surface area contributed by atoms with Gasteiger partial charge in [-0.3, -0.25) is 9.59 Å². The summed E-state index contributed by atoms with van der Waals surface area (Å²) in [6.07, 6.45) is 0. The number of thioether (sulfide) groups is 1. The number of hydrogen-bond acceptors (Lipinski definition) is 6. The van der Waals surface area contributed by atoms with Crippen LogP contribution >= 0.6 is 11.8 Å². The van der Waals surface area contributed by atoms with E-state index in [1.54, 1.807) is 43.5 Å². The zero-order valence-corrected chi connectivity index (χ0v) is 18.1. The molecule has 7 heteroatoms. The van der Waals surface area contributed by atoms with Gasteiger partial charge in [0.05, 0.1) is 20.0 Å². The lowest BCUT2D eigenvalue weighted by Crippen LogP contribution is -2.20. The summed E-state index contributed by atoms with van der Waals surface area (Å²) in [4.78, 5) is 25.6. The normalized spacial score (nSPS) is 10.3. The molecule has 0 heterocycles. The number of ketones is 1. The van der Waals surface area contributed by atoms with Crippen molar-refractivity contribution in [2.75, 3.05) is 31.9 Å². The Labute approximate surface area is 185 Å². The molecule has 6 nitrogen and oxygen atoms in total. The second-order valence-electron chi connectivity index (χ2n) is 6.46. The van der Waals surface area contributed by atoms with Crippen LogP contribution in [0.1, 0.15) is 10.4 Å². The second kappa shape index (κ2) is 11.1. The van der Waals surface area contributed by atoms with Crippen LogP contribution < -0.4 is 19.5 Å². The summed E-state index contributed by atoms with van der Waals surface area (Å²) >= 11 is 1.39. The monoisotopic (exact) mass is 437 g/mol. The van der Waals surface area contributed by atoms with Gasteiger partial charge in [-0.1, -0.05) is 24.3 Å². The number of anilines is 1. The van der Waals surface area contributed by atoms with Crippen LogP contribution in [0.5, 0.6) is 17.2 Å². The first-order chi connectivity index (χ1) is 15.1. The summed E-state index contributed by atoms with van der Waals surface area (Å²) in [5.74, 6) is 1.69. The Kier molecular flexibility index (Phi) is 7.95. The van der Waals surface area contributed by atoms with Gasteiger partial charge in [-0.15, -0.1) is 11.8 Å². The number of para-hydroxylation sites is 1. The third-order valence-electron chi connectivity index (χ3n) is 4.31. The van der Waals surface area contributed by atoms with E-state index in [0.717, 1.165) is 4.90 Å². The van der Waals surface area contributed by atoms with Gasteiger partial charge < -0.3 is 19.5 Å². The molecule has 3 aromatic rings. The molecule has 0 aliphatic rings. The van der Waals surface area contributed by atoms with Crippen LogP contribution in [0.2, 0.25) is 0 Å². The van der Waals surface area contributed by atoms with E-state index in [0.29, 0.717) is 28.5 Å². The smallest absolute Gasteiger partial charge is 0.262 e. The minimum absolute atomic E-state index is 0.0309. The standard InChI is InChI=1S/C24H23NO5S/c1-28-22-12-11-17(13-23(22)29-2)21(26)16-31-20-10-6-7-18(14-20)25-24(27)15-30-19-8-4-3-5-9-19/h3-14H,15-16H2,1-2H3,(H,25,27). The van der Waals surface area contributed by atoms with E-state index < -0.39 is 0 Å². The van der Waals surface area contributed by atoms with Crippen molar-refractivity contribution < 1.29 is 23.8 Å². The molecule has 0 saturated heterocycles. The Balaban J connectivity index is 1.54. The van der Waals surface area contributed by atoms with E-state index in [1.165, 1.54) is 18.9 Å². The highest BCUT2D eigenvalue weighted by Gasteiger charge is 2.12. The van der Waals surface area contributed by atoms with Crippen LogP contribution in [0, 0.1) is 0 Å². The number of nitrogens with one attached hydrogen (secondary N) is 1. The van der Waals surface area contributed by atoms with Gasteiger partial charge in [0, 0.05) is 16.1 Å². The van der Waals surface area contributed by atoms with E-state index in [-0.39, 0.29) is 24.1 Å². The molecule has 3 aromatic carbocycles. The first-order valence-corrected chi connectivity index (χ1v) is 10.5. The van der Waals surface area contributed by atoms with Crippen molar-refractivity contribution in [2.45, 2.75) is 4.90 Å². The number of rotatable bonds is 10. The summed E-state index contributed by atoms with van der Waals surface area (Å²) in [5, 5.41) is 2.81. The van der Waals surface area contributed by atoms with E-state index in [1.807, 2.05) is 36.4 Å². The molecule has 0 fully saturated rings. The highest BCUT2D eigenvalue weighted by molar-refractivity contribution is 8.00. The van der Waals surface area contributed by atoms with E-state index in [4.69, 9.17) is 14.2 Å². The zero-order valence-electron chi connectivity index (χ0n) is 17.3. The van der Waals surface area contributed by atoms with E-state index in [9.17, 15) is 9.59 Å². The number of Topliss-reactive ketones (excluding diaryl/α,β-unsaturated/α-hetero) is 1. The lowest BCUT2D eigenvalue weighted by Gasteiger charge is -2.10. The molecule has 0 bridgehead atoms. The van der Waals surface area contributed by atoms with Crippen LogP contribution in [0.4, 0.5) is 5.69 Å². The molecule has 1 N–H and O–H groups in total. The Morgan fingerprint density at radius 1 is 0.871 bits per heavy atom. The lowest BCUT2D eigenvalue weighted by molar-refractivity contribution is -0.118. The van der Waals surface area contributed by atoms with Gasteiger partial charge in [0.2, 0.25) is 0 Å². The maximum Gasteiger partial charge on any atom is 0.262 e. The molecular formula is C24H23NO5S. The summed E-state index contributed by atoms with van der Waals surface area (Å²) in [7, 11) is 3.08. The fourth-order valence-corrected chi connectivity index (χ4v) is 3.62. The Hall–Kier alpha value is -3.45. The first kappa shape index (κ1) is 22.2. The van der Waals surface area contributed by atoms with Gasteiger partial charge in [-0.05, 0) is 48.5 Å². The number of carbonyl (C=O) groups is 2. The molecule has 0 atom stereocenters. The molecule has 0 aromatic heterocycles. The molecule has 0 radical (unpaired) electrons. The van der Waals surface area contributed by atoms with Gasteiger partial charge in [-0.25, -0.2) is 0 Å². The van der Waals surface area contributed by atoms with E-state index >= 15 is 0 Å². The van der Waals surface area contributed by atoms with Crippen LogP contribution in [0.15, 0.2) is 77.7 Å². The number of methoxy groups -OCH3 is 2. The maximum atomic E-state index is 12.6. The molecule has 0 spiro atoms. The highest BCUT2D eigenvalue weighted by atomic mass is 32.2. The van der Waals surface area contributed by atoms with Crippen molar-refractivity contribution in [1.29, 1.82) is 0 Å². The topological polar surface area (TPSA) is 73.9 Å². The molecule has 0 unspecified atom stereocenters. The molecule has 0 aliphatic heterocycles. The number of ether oxygens (including phenoxy) is 3. The van der Waals surface area contributed by atoms with Gasteiger partial charge in [-0.2, -0.15) is 0 Å². The number of amides is 1. The van der Waals surface area contributed by atoms with Crippen molar-refractivity contribution in [1.82, 2.24) is 0 Å². The van der Waals surface area contributed by atoms with E-state index in [2.05, 4.69) is 5.32 Å². The minimum Gasteiger partial charge on any atom is -0.493 e. The van der Waals surface area contributed by atoms with Gasteiger partial charge in [0.15, 0.2) is 23.9 Å². The molecular weight excluding hydrogens is 414 g/mol. The molecule has 31 heavy (non-hydrogen) atoms. The summed E-state index contributed by atoms with van der Waals surface area (Å²) < 4.78 is 15.9. The predicted molar refractivity (Wildman–Crippen MR) is 122 cm³/mol. The van der Waals surface area contributed by atoms with Crippen LogP contribution in [0.3, 0.4) is 0 Å². The highest BCUT2D eigenvalue weighted by Crippen LogP contribution is 2.29. The minimum atomic E-state index is -0.257. The Morgan fingerprint density at radius 3 is 2.39 bits per heavy atom. The third kappa shape index (κ3) is 6.52. The second-order valence-corrected chi connectivity index (χ2v) is 7.51. The SMILES string of the molecule is COc1ccc(C(=O)CSc2cccc(NC(=O)COc3ccccc3)c2)cc1OC. The van der Waals surface area contributed by atoms with Crippen molar-refractivity contribution in [3.05, 3.63) is 78.4 Å². The largest absolute Gasteiger partial charge is 0.493 e. The Morgan fingerprint density at radius 2 is 1.65 bits per heavy atom. The number of hydrogen-bond donors (Lipinski definition) is 1. The predicted octanol–water partition coefficient (Wildman–Crippen LogP) is 4.70. The summed E-state index contributed by atoms with van der Waals surface area (Å²) in [6.45, 7) is -0.0842. The molecule has 1 amide bonds. The summed E-state index contributed by atoms with van der Waals surface area (Å²) in [6, 6.07) is 21.6. The van der Waals surface area contributed by atoms with Gasteiger partial charge in [0.25, 0.3) is 5.91 Å². The van der Waals surface area contributed by atoms with Crippen molar-refractivity contribution in [3.8, 4) is 17.2 Å². The van der Waals surface area contributed by atoms with Gasteiger partial charge in [0.1, 0.15) is 5.75 Å². The van der Waals surface area contributed by atoms with Crippen LogP contribution in [0.25, 0.3) is 0 Å². The fraction of sp³-hybridized carbons (Fsp3) is 0.167. The van der Waals surface area contributed by atoms with Crippen LogP contribution in [-0.2, 0) is 4.79 Å². The lowest BCUT2D eigenvalue weighted by atomic mass is 10.1. The van der Waals surface area contributed by atoms with Gasteiger partial charge >= 0.3 is 0 Å². The van der Waals surface area contributed by atoms with Crippen LogP contribution in [-0.4, -0.2) is 38.3 Å². The third-order valence-corrected chi connectivity index (χ3v) is 5.30. The number of benzene rings is 3. The van der Waals surface area contributed by atoms with Crippen molar-refractivity contribution in [2.24, 2.45) is 0 Å². The average molecular weight is 438 g/mol. The Bertz CT molecular complexity index is 1040. The maximum absolute atomic E-state index is 12.6. The fourth-order valence-electron chi connectivity index (χ4n) is 2.77. The number of carbonyl (C=O) groups excluding carboxylic acids is 2. The molecule has 160 valence electrons. The quantitative estimate of drug-likeness (QED) is 0.366. The first-order valence-electron chi connectivity index (χ1n) is 9.55. The summed E-state index contributed by atoms with van der Waals surface area (Å²) in [5.41, 5.74) is 1.19. The average Bonchev–Trinajstić information content (AvgIpc) is 2.81. The molecule has 0 aliphatic carbocycles. The zero-order chi connectivity index (χ0) is 22.1.